The first-order valence-corrected chi connectivity index (χ1v) is 5.77. The highest BCUT2D eigenvalue weighted by Crippen LogP contribution is 2.26. The number of rotatable bonds is 4. The van der Waals surface area contributed by atoms with Crippen LogP contribution in [0.4, 0.5) is 4.39 Å². The van der Waals surface area contributed by atoms with Crippen LogP contribution in [0.5, 0.6) is 0 Å². The second-order valence-electron chi connectivity index (χ2n) is 3.85. The molecule has 3 nitrogen and oxygen atoms in total. The molecular weight excluding hydrogens is 217 g/mol. The molecule has 0 aliphatic heterocycles. The van der Waals surface area contributed by atoms with Gasteiger partial charge in [-0.25, -0.2) is 4.39 Å². The van der Waals surface area contributed by atoms with E-state index in [2.05, 4.69) is 5.10 Å². The molecule has 17 heavy (non-hydrogen) atoms. The largest absolute Gasteiger partial charge is 0.330 e. The maximum Gasteiger partial charge on any atom is 0.132 e. The average Bonchev–Trinajstić information content (AvgIpc) is 2.73. The Morgan fingerprint density at radius 1 is 1.35 bits per heavy atom. The second-order valence-corrected chi connectivity index (χ2v) is 3.85. The molecule has 0 unspecified atom stereocenters. The molecular formula is C13H16FN3. The summed E-state index contributed by atoms with van der Waals surface area (Å²) in [6.07, 6.45) is 2.49. The molecule has 0 aliphatic carbocycles. The Hall–Kier alpha value is -1.68. The fourth-order valence-corrected chi connectivity index (χ4v) is 1.97. The summed E-state index contributed by atoms with van der Waals surface area (Å²) >= 11 is 0. The standard InChI is InChI=1S/C13H16FN3/c1-2-17-13(10(7-8-15)9-16-17)11-5-3-4-6-12(11)14/h3-6,9H,2,7-8,15H2,1H3. The minimum absolute atomic E-state index is 0.221. The minimum atomic E-state index is -0.221. The lowest BCUT2D eigenvalue weighted by atomic mass is 10.1. The summed E-state index contributed by atoms with van der Waals surface area (Å²) in [7, 11) is 0. The Labute approximate surface area is 100 Å². The lowest BCUT2D eigenvalue weighted by Gasteiger charge is -2.08. The van der Waals surface area contributed by atoms with Gasteiger partial charge >= 0.3 is 0 Å². The van der Waals surface area contributed by atoms with Gasteiger partial charge in [-0.05, 0) is 37.6 Å². The van der Waals surface area contributed by atoms with E-state index in [1.165, 1.54) is 6.07 Å². The fourth-order valence-electron chi connectivity index (χ4n) is 1.97. The van der Waals surface area contributed by atoms with Gasteiger partial charge in [0.1, 0.15) is 5.82 Å². The van der Waals surface area contributed by atoms with Crippen molar-refractivity contribution in [1.29, 1.82) is 0 Å². The number of nitrogens with zero attached hydrogens (tertiary/aromatic N) is 2. The molecule has 2 aromatic rings. The molecule has 2 N–H and O–H groups in total. The van der Waals surface area contributed by atoms with Crippen molar-refractivity contribution in [3.05, 3.63) is 41.8 Å². The zero-order valence-corrected chi connectivity index (χ0v) is 9.86. The third kappa shape index (κ3) is 2.22. The maximum atomic E-state index is 13.8. The van der Waals surface area contributed by atoms with E-state index < -0.39 is 0 Å². The number of halogens is 1. The smallest absolute Gasteiger partial charge is 0.132 e. The first-order valence-electron chi connectivity index (χ1n) is 5.77. The van der Waals surface area contributed by atoms with E-state index in [0.29, 0.717) is 25.1 Å². The lowest BCUT2D eigenvalue weighted by molar-refractivity contribution is 0.621. The Kier molecular flexibility index (Phi) is 3.54. The van der Waals surface area contributed by atoms with Crippen molar-refractivity contribution in [3.8, 4) is 11.3 Å². The Bertz CT molecular complexity index is 505. The lowest BCUT2D eigenvalue weighted by Crippen LogP contribution is -2.05. The van der Waals surface area contributed by atoms with Crippen molar-refractivity contribution < 1.29 is 4.39 Å². The molecule has 0 saturated heterocycles. The van der Waals surface area contributed by atoms with Crippen molar-refractivity contribution in [1.82, 2.24) is 9.78 Å². The average molecular weight is 233 g/mol. The van der Waals surface area contributed by atoms with Crippen molar-refractivity contribution in [3.63, 3.8) is 0 Å². The Morgan fingerprint density at radius 3 is 2.76 bits per heavy atom. The zero-order valence-electron chi connectivity index (χ0n) is 9.86. The normalized spacial score (nSPS) is 10.8. The topological polar surface area (TPSA) is 43.8 Å². The Morgan fingerprint density at radius 2 is 2.12 bits per heavy atom. The minimum Gasteiger partial charge on any atom is -0.330 e. The summed E-state index contributed by atoms with van der Waals surface area (Å²) in [4.78, 5) is 0. The second kappa shape index (κ2) is 5.10. The van der Waals surface area contributed by atoms with Crippen LogP contribution < -0.4 is 5.73 Å². The Balaban J connectivity index is 2.56. The van der Waals surface area contributed by atoms with Crippen molar-refractivity contribution >= 4 is 0 Å². The van der Waals surface area contributed by atoms with E-state index in [-0.39, 0.29) is 5.82 Å². The highest BCUT2D eigenvalue weighted by Gasteiger charge is 2.14. The number of aryl methyl sites for hydroxylation is 1. The van der Waals surface area contributed by atoms with Gasteiger partial charge in [0.15, 0.2) is 0 Å². The molecule has 0 spiro atoms. The summed E-state index contributed by atoms with van der Waals surface area (Å²) in [5.41, 5.74) is 8.00. The predicted molar refractivity (Wildman–Crippen MR) is 66.1 cm³/mol. The SMILES string of the molecule is CCn1ncc(CCN)c1-c1ccccc1F. The van der Waals surface area contributed by atoms with E-state index >= 15 is 0 Å². The molecule has 1 heterocycles. The maximum absolute atomic E-state index is 13.8. The van der Waals surface area contributed by atoms with Crippen LogP contribution in [0, 0.1) is 5.82 Å². The van der Waals surface area contributed by atoms with Crippen LogP contribution in [0.15, 0.2) is 30.5 Å². The first-order chi connectivity index (χ1) is 8.27. The highest BCUT2D eigenvalue weighted by atomic mass is 19.1. The monoisotopic (exact) mass is 233 g/mol. The molecule has 0 radical (unpaired) electrons. The van der Waals surface area contributed by atoms with Gasteiger partial charge in [0.05, 0.1) is 11.9 Å². The predicted octanol–water partition coefficient (Wildman–Crippen LogP) is 2.21. The molecule has 0 saturated carbocycles. The van der Waals surface area contributed by atoms with Crippen LogP contribution in [0.2, 0.25) is 0 Å². The van der Waals surface area contributed by atoms with E-state index in [4.69, 9.17) is 5.73 Å². The van der Waals surface area contributed by atoms with Gasteiger partial charge < -0.3 is 5.73 Å². The quantitative estimate of drug-likeness (QED) is 0.879. The molecule has 0 aliphatic rings. The van der Waals surface area contributed by atoms with Crippen LogP contribution in [0.1, 0.15) is 12.5 Å². The summed E-state index contributed by atoms with van der Waals surface area (Å²) in [5.74, 6) is -0.221. The number of benzene rings is 1. The van der Waals surface area contributed by atoms with Crippen LogP contribution >= 0.6 is 0 Å². The van der Waals surface area contributed by atoms with Crippen molar-refractivity contribution in [2.24, 2.45) is 5.73 Å². The summed E-state index contributed by atoms with van der Waals surface area (Å²) in [6, 6.07) is 6.76. The van der Waals surface area contributed by atoms with Crippen LogP contribution in [0.25, 0.3) is 11.3 Å². The molecule has 2 rings (SSSR count). The third-order valence-electron chi connectivity index (χ3n) is 2.76. The van der Waals surface area contributed by atoms with Crippen LogP contribution in [-0.4, -0.2) is 16.3 Å². The summed E-state index contributed by atoms with van der Waals surface area (Å²) in [6.45, 7) is 3.24. The van der Waals surface area contributed by atoms with E-state index in [1.807, 2.05) is 17.7 Å². The third-order valence-corrected chi connectivity index (χ3v) is 2.76. The molecule has 0 amide bonds. The van der Waals surface area contributed by atoms with Gasteiger partial charge in [-0.15, -0.1) is 0 Å². The molecule has 4 heteroatoms. The van der Waals surface area contributed by atoms with E-state index in [9.17, 15) is 4.39 Å². The zero-order chi connectivity index (χ0) is 12.3. The van der Waals surface area contributed by atoms with Gasteiger partial charge in [0.25, 0.3) is 0 Å². The van der Waals surface area contributed by atoms with E-state index in [1.54, 1.807) is 18.3 Å². The number of aromatic nitrogens is 2. The number of hydrogen-bond acceptors (Lipinski definition) is 2. The van der Waals surface area contributed by atoms with E-state index in [0.717, 1.165) is 11.3 Å². The van der Waals surface area contributed by atoms with Crippen molar-refractivity contribution in [2.45, 2.75) is 19.9 Å². The number of nitrogens with two attached hydrogens (primary N) is 1. The van der Waals surface area contributed by atoms with Gasteiger partial charge in [0, 0.05) is 12.1 Å². The van der Waals surface area contributed by atoms with Crippen LogP contribution in [-0.2, 0) is 13.0 Å². The molecule has 1 aromatic carbocycles. The first kappa shape index (κ1) is 11.8. The van der Waals surface area contributed by atoms with Gasteiger partial charge in [-0.2, -0.15) is 5.10 Å². The highest BCUT2D eigenvalue weighted by molar-refractivity contribution is 5.64. The molecule has 1 aromatic heterocycles. The molecule has 0 bridgehead atoms. The number of hydrogen-bond donors (Lipinski definition) is 1. The molecule has 0 fully saturated rings. The molecule has 0 atom stereocenters. The van der Waals surface area contributed by atoms with Gasteiger partial charge in [0.2, 0.25) is 0 Å². The van der Waals surface area contributed by atoms with Gasteiger partial charge in [-0.3, -0.25) is 4.68 Å². The molecule has 90 valence electrons. The van der Waals surface area contributed by atoms with Crippen LogP contribution in [0.3, 0.4) is 0 Å². The van der Waals surface area contributed by atoms with Crippen molar-refractivity contribution in [2.75, 3.05) is 6.54 Å². The fraction of sp³-hybridized carbons (Fsp3) is 0.308. The summed E-state index contributed by atoms with van der Waals surface area (Å²) < 4.78 is 15.6. The summed E-state index contributed by atoms with van der Waals surface area (Å²) in [5, 5.41) is 4.27. The van der Waals surface area contributed by atoms with Gasteiger partial charge in [-0.1, -0.05) is 12.1 Å².